The molecule has 8 nitrogen and oxygen atoms in total. The van der Waals surface area contributed by atoms with Crippen molar-refractivity contribution in [2.75, 3.05) is 31.1 Å². The largest absolute Gasteiger partial charge is 0.389 e. The van der Waals surface area contributed by atoms with Crippen LogP contribution in [0.15, 0.2) is 18.6 Å². The molecule has 1 saturated heterocycles. The molecule has 0 aromatic carbocycles. The molecule has 3 heterocycles. The van der Waals surface area contributed by atoms with Crippen LogP contribution in [-0.2, 0) is 12.8 Å². The average Bonchev–Trinajstić information content (AvgIpc) is 3.15. The van der Waals surface area contributed by atoms with E-state index in [4.69, 9.17) is 0 Å². The number of aromatic nitrogens is 4. The maximum Gasteiger partial charge on any atom is 0.274 e. The van der Waals surface area contributed by atoms with Crippen LogP contribution in [0.2, 0.25) is 0 Å². The van der Waals surface area contributed by atoms with Gasteiger partial charge in [0.25, 0.3) is 5.91 Å². The molecule has 2 aliphatic rings. The van der Waals surface area contributed by atoms with Gasteiger partial charge >= 0.3 is 0 Å². The molecule has 1 aliphatic carbocycles. The minimum atomic E-state index is -0.634. The molecule has 2 aromatic rings. The molecule has 2 N–H and O–H groups in total. The number of β-amino-alcohol motifs (C(OH)–C–C–N with tert-alkyl or cyclic N) is 1. The standard InChI is InChI=1S/C16H20N6O2/c23-11-9-21(14-8-17-4-5-18-14)6-7-22(10-11)16(24)15-12-2-1-3-13(12)19-20-15/h4-5,8,11,23H,1-3,6-7,9-10H2,(H,19,20)/t11-/m0/s1. The monoisotopic (exact) mass is 328 g/mol. The number of aromatic amines is 1. The molecule has 24 heavy (non-hydrogen) atoms. The normalized spacial score (nSPS) is 20.8. The van der Waals surface area contributed by atoms with E-state index in [-0.39, 0.29) is 5.91 Å². The van der Waals surface area contributed by atoms with E-state index in [1.165, 1.54) is 0 Å². The van der Waals surface area contributed by atoms with Gasteiger partial charge in [-0.3, -0.25) is 14.9 Å². The number of anilines is 1. The van der Waals surface area contributed by atoms with Crippen molar-refractivity contribution < 1.29 is 9.90 Å². The fourth-order valence-electron chi connectivity index (χ4n) is 3.48. The number of aliphatic hydroxyl groups is 1. The number of nitrogens with one attached hydrogen (secondary N) is 1. The van der Waals surface area contributed by atoms with Crippen LogP contribution in [-0.4, -0.2) is 68.4 Å². The minimum Gasteiger partial charge on any atom is -0.389 e. The average molecular weight is 328 g/mol. The molecule has 1 amide bonds. The second kappa shape index (κ2) is 6.20. The summed E-state index contributed by atoms with van der Waals surface area (Å²) in [6.07, 6.45) is 7.20. The van der Waals surface area contributed by atoms with Crippen molar-refractivity contribution in [1.29, 1.82) is 0 Å². The predicted molar refractivity (Wildman–Crippen MR) is 86.8 cm³/mol. The van der Waals surface area contributed by atoms with Gasteiger partial charge in [0.15, 0.2) is 5.69 Å². The van der Waals surface area contributed by atoms with Crippen LogP contribution in [0.1, 0.15) is 28.2 Å². The molecule has 2 aromatic heterocycles. The molecule has 4 rings (SSSR count). The Balaban J connectivity index is 1.51. The van der Waals surface area contributed by atoms with Crippen molar-refractivity contribution in [2.24, 2.45) is 0 Å². The zero-order valence-electron chi connectivity index (χ0n) is 13.4. The van der Waals surface area contributed by atoms with E-state index < -0.39 is 6.10 Å². The van der Waals surface area contributed by atoms with Gasteiger partial charge < -0.3 is 14.9 Å². The molecule has 0 spiro atoms. The summed E-state index contributed by atoms with van der Waals surface area (Å²) in [5, 5.41) is 17.5. The molecule has 1 aliphatic heterocycles. The fraction of sp³-hybridized carbons (Fsp3) is 0.500. The van der Waals surface area contributed by atoms with E-state index in [1.807, 2.05) is 4.90 Å². The summed E-state index contributed by atoms with van der Waals surface area (Å²) >= 11 is 0. The van der Waals surface area contributed by atoms with Crippen molar-refractivity contribution >= 4 is 11.7 Å². The Morgan fingerprint density at radius 2 is 2.17 bits per heavy atom. The molecule has 0 unspecified atom stereocenters. The summed E-state index contributed by atoms with van der Waals surface area (Å²) in [6.45, 7) is 1.86. The summed E-state index contributed by atoms with van der Waals surface area (Å²) in [4.78, 5) is 24.8. The van der Waals surface area contributed by atoms with E-state index in [0.717, 1.165) is 30.5 Å². The third-order valence-electron chi connectivity index (χ3n) is 4.67. The zero-order valence-corrected chi connectivity index (χ0v) is 13.4. The summed E-state index contributed by atoms with van der Waals surface area (Å²) < 4.78 is 0. The Morgan fingerprint density at radius 1 is 1.25 bits per heavy atom. The highest BCUT2D eigenvalue weighted by molar-refractivity contribution is 5.94. The summed E-state index contributed by atoms with van der Waals surface area (Å²) in [5.74, 6) is 0.612. The third kappa shape index (κ3) is 2.73. The molecular formula is C16H20N6O2. The van der Waals surface area contributed by atoms with Crippen LogP contribution in [0.4, 0.5) is 5.82 Å². The number of aryl methyl sites for hydroxylation is 1. The zero-order chi connectivity index (χ0) is 16.5. The lowest BCUT2D eigenvalue weighted by atomic mass is 10.2. The number of fused-ring (bicyclic) bond motifs is 1. The second-order valence-corrected chi connectivity index (χ2v) is 6.30. The smallest absolute Gasteiger partial charge is 0.274 e. The third-order valence-corrected chi connectivity index (χ3v) is 4.67. The summed E-state index contributed by atoms with van der Waals surface area (Å²) in [5.41, 5.74) is 2.64. The van der Waals surface area contributed by atoms with E-state index in [2.05, 4.69) is 20.2 Å². The lowest BCUT2D eigenvalue weighted by Gasteiger charge is -2.22. The van der Waals surface area contributed by atoms with Crippen molar-refractivity contribution in [3.05, 3.63) is 35.5 Å². The molecule has 126 valence electrons. The maximum absolute atomic E-state index is 12.8. The first-order valence-electron chi connectivity index (χ1n) is 8.27. The number of aliphatic hydroxyl groups excluding tert-OH is 1. The fourth-order valence-corrected chi connectivity index (χ4v) is 3.48. The van der Waals surface area contributed by atoms with Crippen LogP contribution in [0, 0.1) is 0 Å². The van der Waals surface area contributed by atoms with Gasteiger partial charge in [-0.25, -0.2) is 4.98 Å². The molecule has 1 fully saturated rings. The summed E-state index contributed by atoms with van der Waals surface area (Å²) in [7, 11) is 0. The second-order valence-electron chi connectivity index (χ2n) is 6.30. The number of rotatable bonds is 2. The molecule has 0 bridgehead atoms. The number of carbonyl (C=O) groups is 1. The molecule has 1 atom stereocenters. The highest BCUT2D eigenvalue weighted by Gasteiger charge is 2.30. The molecular weight excluding hydrogens is 308 g/mol. The SMILES string of the molecule is O=C(c1n[nH]c2c1CCC2)N1CCN(c2cnccn2)C[C@H](O)C1. The Hall–Kier alpha value is -2.48. The Bertz CT molecular complexity index is 731. The first-order valence-corrected chi connectivity index (χ1v) is 8.27. The first-order chi connectivity index (χ1) is 11.7. The van der Waals surface area contributed by atoms with Gasteiger partial charge in [0.05, 0.1) is 12.3 Å². The number of hydrogen-bond acceptors (Lipinski definition) is 6. The highest BCUT2D eigenvalue weighted by atomic mass is 16.3. The van der Waals surface area contributed by atoms with Gasteiger partial charge in [-0.1, -0.05) is 0 Å². The van der Waals surface area contributed by atoms with Crippen LogP contribution >= 0.6 is 0 Å². The lowest BCUT2D eigenvalue weighted by Crippen LogP contribution is -2.38. The van der Waals surface area contributed by atoms with Crippen molar-refractivity contribution in [2.45, 2.75) is 25.4 Å². The van der Waals surface area contributed by atoms with Crippen LogP contribution in [0.25, 0.3) is 0 Å². The van der Waals surface area contributed by atoms with Gasteiger partial charge in [0.1, 0.15) is 5.82 Å². The van der Waals surface area contributed by atoms with Gasteiger partial charge in [-0.2, -0.15) is 5.10 Å². The molecule has 0 radical (unpaired) electrons. The number of amides is 1. The topological polar surface area (TPSA) is 98.2 Å². The molecule has 0 saturated carbocycles. The predicted octanol–water partition coefficient (Wildman–Crippen LogP) is 0.0117. The molecule has 8 heteroatoms. The van der Waals surface area contributed by atoms with E-state index in [9.17, 15) is 9.90 Å². The van der Waals surface area contributed by atoms with E-state index in [1.54, 1.807) is 23.5 Å². The lowest BCUT2D eigenvalue weighted by molar-refractivity contribution is 0.0667. The van der Waals surface area contributed by atoms with Crippen molar-refractivity contribution in [1.82, 2.24) is 25.1 Å². The van der Waals surface area contributed by atoms with E-state index in [0.29, 0.717) is 37.7 Å². The number of H-pyrrole nitrogens is 1. The van der Waals surface area contributed by atoms with Gasteiger partial charge in [-0.15, -0.1) is 0 Å². The Morgan fingerprint density at radius 3 is 3.00 bits per heavy atom. The summed E-state index contributed by atoms with van der Waals surface area (Å²) in [6, 6.07) is 0. The number of hydrogen-bond donors (Lipinski definition) is 2. The number of nitrogens with zero attached hydrogens (tertiary/aromatic N) is 5. The Labute approximate surface area is 139 Å². The van der Waals surface area contributed by atoms with Crippen LogP contribution in [0.5, 0.6) is 0 Å². The van der Waals surface area contributed by atoms with Gasteiger partial charge in [0.2, 0.25) is 0 Å². The minimum absolute atomic E-state index is 0.102. The maximum atomic E-state index is 12.8. The van der Waals surface area contributed by atoms with Crippen molar-refractivity contribution in [3.8, 4) is 0 Å². The Kier molecular flexibility index (Phi) is 3.89. The van der Waals surface area contributed by atoms with Gasteiger partial charge in [0, 0.05) is 49.8 Å². The van der Waals surface area contributed by atoms with Crippen LogP contribution < -0.4 is 4.90 Å². The van der Waals surface area contributed by atoms with Crippen molar-refractivity contribution in [3.63, 3.8) is 0 Å². The number of carbonyl (C=O) groups excluding carboxylic acids is 1. The van der Waals surface area contributed by atoms with Crippen LogP contribution in [0.3, 0.4) is 0 Å². The van der Waals surface area contributed by atoms with E-state index >= 15 is 0 Å². The highest BCUT2D eigenvalue weighted by Crippen LogP contribution is 2.24. The van der Waals surface area contributed by atoms with Gasteiger partial charge in [-0.05, 0) is 19.3 Å². The quantitative estimate of drug-likeness (QED) is 0.806. The first kappa shape index (κ1) is 15.1.